The number of amidine groups is 1. The second-order valence-corrected chi connectivity index (χ2v) is 9.06. The van der Waals surface area contributed by atoms with Crippen LogP contribution < -0.4 is 16.0 Å². The maximum Gasteiger partial charge on any atom is 0.264 e. The van der Waals surface area contributed by atoms with E-state index in [0.717, 1.165) is 36.9 Å². The molecule has 37 heavy (non-hydrogen) atoms. The number of hydrogen-bond acceptors (Lipinski definition) is 6. The van der Waals surface area contributed by atoms with Crippen LogP contribution in [0.3, 0.4) is 0 Å². The van der Waals surface area contributed by atoms with Crippen molar-refractivity contribution in [3.8, 4) is 0 Å². The first-order valence-electron chi connectivity index (χ1n) is 12.5. The molecule has 202 valence electrons. The predicted molar refractivity (Wildman–Crippen MR) is 139 cm³/mol. The van der Waals surface area contributed by atoms with Crippen molar-refractivity contribution < 1.29 is 22.7 Å². The van der Waals surface area contributed by atoms with E-state index < -0.39 is 17.8 Å². The lowest BCUT2D eigenvalue weighted by atomic mass is 9.99. The van der Waals surface area contributed by atoms with Crippen LogP contribution in [0.25, 0.3) is 5.57 Å². The summed E-state index contributed by atoms with van der Waals surface area (Å²) in [6, 6.07) is 2.08. The summed E-state index contributed by atoms with van der Waals surface area (Å²) in [5.41, 5.74) is 0.552. The molecular formula is C26H35F3N6O2. The molecule has 2 heterocycles. The number of alkyl halides is 2. The summed E-state index contributed by atoms with van der Waals surface area (Å²) in [5.74, 6) is -1.01. The highest BCUT2D eigenvalue weighted by molar-refractivity contribution is 6.10. The van der Waals surface area contributed by atoms with Crippen molar-refractivity contribution in [3.05, 3.63) is 46.5 Å². The molecule has 0 aliphatic carbocycles. The molecule has 0 saturated carbocycles. The van der Waals surface area contributed by atoms with Crippen LogP contribution in [-0.4, -0.2) is 62.3 Å². The minimum Gasteiger partial charge on any atom is -0.393 e. The van der Waals surface area contributed by atoms with Crippen LogP contribution in [0.2, 0.25) is 0 Å². The summed E-state index contributed by atoms with van der Waals surface area (Å²) in [6.45, 7) is 3.85. The molecule has 1 aromatic carbocycles. The second-order valence-electron chi connectivity index (χ2n) is 9.06. The topological polar surface area (TPSA) is 113 Å². The summed E-state index contributed by atoms with van der Waals surface area (Å²) in [4.78, 5) is 14.3. The fraction of sp³-hybridized carbons (Fsp3) is 0.500. The van der Waals surface area contributed by atoms with Crippen molar-refractivity contribution in [3.63, 3.8) is 0 Å². The van der Waals surface area contributed by atoms with Gasteiger partial charge in [0.15, 0.2) is 0 Å². The van der Waals surface area contributed by atoms with E-state index in [1.54, 1.807) is 11.9 Å². The van der Waals surface area contributed by atoms with Crippen molar-refractivity contribution >= 4 is 29.2 Å². The molecule has 0 bridgehead atoms. The first kappa shape index (κ1) is 28.2. The van der Waals surface area contributed by atoms with Gasteiger partial charge in [0.25, 0.3) is 6.43 Å². The number of ether oxygens (including phenoxy) is 1. The molecule has 3 rings (SSSR count). The van der Waals surface area contributed by atoms with Crippen LogP contribution >= 0.6 is 0 Å². The smallest absolute Gasteiger partial charge is 0.264 e. The molecule has 8 nitrogen and oxygen atoms in total. The van der Waals surface area contributed by atoms with Gasteiger partial charge in [0.2, 0.25) is 5.91 Å². The maximum atomic E-state index is 15.1. The summed E-state index contributed by atoms with van der Waals surface area (Å²) in [5, 5.41) is 25.1. The zero-order valence-corrected chi connectivity index (χ0v) is 21.2. The highest BCUT2D eigenvalue weighted by Crippen LogP contribution is 2.32. The molecule has 0 aromatic heterocycles. The minimum absolute atomic E-state index is 0.0241. The average Bonchev–Trinajstić information content (AvgIpc) is 2.89. The summed E-state index contributed by atoms with van der Waals surface area (Å²) < 4.78 is 48.3. The number of anilines is 1. The van der Waals surface area contributed by atoms with Gasteiger partial charge >= 0.3 is 0 Å². The second kappa shape index (κ2) is 13.3. The van der Waals surface area contributed by atoms with E-state index in [9.17, 15) is 13.6 Å². The number of nitrogens with one attached hydrogen (secondary N) is 5. The molecule has 11 heteroatoms. The maximum absolute atomic E-state index is 15.1. The number of carbonyl (C=O) groups is 1. The van der Waals surface area contributed by atoms with E-state index >= 15 is 4.39 Å². The number of nitrogens with zero attached hydrogens (tertiary/aromatic N) is 1. The van der Waals surface area contributed by atoms with Crippen LogP contribution in [0.4, 0.5) is 18.9 Å². The van der Waals surface area contributed by atoms with E-state index in [4.69, 9.17) is 15.6 Å². The SMILES string of the molecule is CCCC(=O)N1CCC(NC2CCOCC2)=C(C(=N)Nc2cc(C(F)F)c(/C(C=N)=C/NC)cc2F)C1. The Hall–Kier alpha value is -3.34. The van der Waals surface area contributed by atoms with E-state index in [1.165, 1.54) is 6.20 Å². The van der Waals surface area contributed by atoms with Crippen molar-refractivity contribution in [2.75, 3.05) is 38.7 Å². The van der Waals surface area contributed by atoms with Gasteiger partial charge < -0.3 is 31.0 Å². The lowest BCUT2D eigenvalue weighted by Gasteiger charge is -2.34. The quantitative estimate of drug-likeness (QED) is 0.232. The number of allylic oxidation sites excluding steroid dienone is 1. The van der Waals surface area contributed by atoms with Crippen LogP contribution in [-0.2, 0) is 9.53 Å². The molecule has 1 amide bonds. The lowest BCUT2D eigenvalue weighted by molar-refractivity contribution is -0.131. The molecule has 5 N–H and O–H groups in total. The first-order valence-corrected chi connectivity index (χ1v) is 12.5. The van der Waals surface area contributed by atoms with Gasteiger partial charge in [0, 0.05) is 80.5 Å². The van der Waals surface area contributed by atoms with Gasteiger partial charge in [-0.2, -0.15) is 0 Å². The van der Waals surface area contributed by atoms with E-state index in [2.05, 4.69) is 16.0 Å². The lowest BCUT2D eigenvalue weighted by Crippen LogP contribution is -2.44. The predicted octanol–water partition coefficient (Wildman–Crippen LogP) is 4.42. The zero-order valence-electron chi connectivity index (χ0n) is 21.2. The average molecular weight is 521 g/mol. The number of carbonyl (C=O) groups excluding carboxylic acids is 1. The van der Waals surface area contributed by atoms with Crippen LogP contribution in [0.15, 0.2) is 29.6 Å². The Morgan fingerprint density at radius 2 is 2.03 bits per heavy atom. The molecular weight excluding hydrogens is 485 g/mol. The molecule has 1 fully saturated rings. The highest BCUT2D eigenvalue weighted by Gasteiger charge is 2.28. The molecule has 0 unspecified atom stereocenters. The fourth-order valence-electron chi connectivity index (χ4n) is 4.50. The monoisotopic (exact) mass is 520 g/mol. The molecule has 2 aliphatic rings. The standard InChI is InChI=1S/C26H35F3N6O2/c1-3-4-24(36)35-8-5-22(33-17-6-9-37-10-7-17)20(15-35)26(31)34-23-12-19(25(28)29)18(11-21(23)27)16(13-30)14-32-2/h11-14,17,25,30,32-33H,3-10,15H2,1-2H3,(H2,31,34)/b16-14+,30-13?. The van der Waals surface area contributed by atoms with E-state index in [1.807, 2.05) is 6.92 Å². The number of halogens is 3. The van der Waals surface area contributed by atoms with Crippen LogP contribution in [0.1, 0.15) is 56.6 Å². The molecule has 1 saturated heterocycles. The van der Waals surface area contributed by atoms with Crippen molar-refractivity contribution in [1.29, 1.82) is 10.8 Å². The Morgan fingerprint density at radius 3 is 2.65 bits per heavy atom. The van der Waals surface area contributed by atoms with Gasteiger partial charge in [-0.05, 0) is 37.0 Å². The van der Waals surface area contributed by atoms with Crippen LogP contribution in [0.5, 0.6) is 0 Å². The normalized spacial score (nSPS) is 17.1. The van der Waals surface area contributed by atoms with Gasteiger partial charge in [0.05, 0.1) is 12.2 Å². The Morgan fingerprint density at radius 1 is 1.30 bits per heavy atom. The summed E-state index contributed by atoms with van der Waals surface area (Å²) >= 11 is 0. The Kier molecular flexibility index (Phi) is 10.1. The van der Waals surface area contributed by atoms with E-state index in [0.29, 0.717) is 44.6 Å². The molecule has 1 aromatic rings. The highest BCUT2D eigenvalue weighted by atomic mass is 19.3. The zero-order chi connectivity index (χ0) is 26.9. The van der Waals surface area contributed by atoms with E-state index in [-0.39, 0.29) is 41.2 Å². The van der Waals surface area contributed by atoms with Gasteiger partial charge in [-0.3, -0.25) is 10.2 Å². The number of rotatable bonds is 10. The molecule has 0 radical (unpaired) electrons. The van der Waals surface area contributed by atoms with Gasteiger partial charge in [-0.25, -0.2) is 13.2 Å². The number of benzene rings is 1. The number of hydrogen-bond donors (Lipinski definition) is 5. The molecule has 0 spiro atoms. The third kappa shape index (κ3) is 7.12. The Labute approximate surface area is 215 Å². The summed E-state index contributed by atoms with van der Waals surface area (Å²) in [6.07, 6.45) is 2.49. The van der Waals surface area contributed by atoms with Crippen molar-refractivity contribution in [2.24, 2.45) is 0 Å². The van der Waals surface area contributed by atoms with Gasteiger partial charge in [0.1, 0.15) is 11.7 Å². The van der Waals surface area contributed by atoms with Crippen LogP contribution in [0, 0.1) is 16.6 Å². The third-order valence-electron chi connectivity index (χ3n) is 6.46. The number of amides is 1. The molecule has 0 atom stereocenters. The third-order valence-corrected chi connectivity index (χ3v) is 6.46. The Balaban J connectivity index is 1.93. The fourth-order valence-corrected chi connectivity index (χ4v) is 4.50. The largest absolute Gasteiger partial charge is 0.393 e. The van der Waals surface area contributed by atoms with Crippen molar-refractivity contribution in [2.45, 2.75) is 51.5 Å². The minimum atomic E-state index is -2.92. The van der Waals surface area contributed by atoms with Gasteiger partial charge in [-0.15, -0.1) is 0 Å². The van der Waals surface area contributed by atoms with Crippen molar-refractivity contribution in [1.82, 2.24) is 15.5 Å². The molecule has 2 aliphatic heterocycles. The summed E-state index contributed by atoms with van der Waals surface area (Å²) in [7, 11) is 1.55. The first-order chi connectivity index (χ1) is 17.8. The van der Waals surface area contributed by atoms with Gasteiger partial charge in [-0.1, -0.05) is 6.92 Å². The Bertz CT molecular complexity index is 1070.